The molecular formula is C19H26N4O. The van der Waals surface area contributed by atoms with Gasteiger partial charge in [0.15, 0.2) is 5.65 Å². The number of amides is 1. The molecule has 2 aromatic rings. The molecule has 2 aliphatic carbocycles. The minimum absolute atomic E-state index is 0.0110. The Morgan fingerprint density at radius 3 is 2.79 bits per heavy atom. The SMILES string of the molecule is Cc1cc(C(=O)NC(C)C2CC3CCC2C3)c2c(C)nn(C)c2n1. The van der Waals surface area contributed by atoms with E-state index in [4.69, 9.17) is 0 Å². The first-order valence-electron chi connectivity index (χ1n) is 9.06. The van der Waals surface area contributed by atoms with Crippen molar-refractivity contribution in [2.45, 2.75) is 52.5 Å². The van der Waals surface area contributed by atoms with E-state index >= 15 is 0 Å². The van der Waals surface area contributed by atoms with E-state index in [1.807, 2.05) is 27.0 Å². The zero-order valence-corrected chi connectivity index (χ0v) is 15.0. The van der Waals surface area contributed by atoms with Crippen LogP contribution >= 0.6 is 0 Å². The highest BCUT2D eigenvalue weighted by atomic mass is 16.1. The second-order valence-corrected chi connectivity index (χ2v) is 7.82. The lowest BCUT2D eigenvalue weighted by Crippen LogP contribution is -2.40. The van der Waals surface area contributed by atoms with Crippen molar-refractivity contribution < 1.29 is 4.79 Å². The Labute approximate surface area is 142 Å². The van der Waals surface area contributed by atoms with Gasteiger partial charge in [0, 0.05) is 18.8 Å². The van der Waals surface area contributed by atoms with E-state index in [9.17, 15) is 4.79 Å². The smallest absolute Gasteiger partial charge is 0.252 e. The second-order valence-electron chi connectivity index (χ2n) is 7.82. The number of rotatable bonds is 3. The Hall–Kier alpha value is -1.91. The number of hydrogen-bond donors (Lipinski definition) is 1. The third-order valence-corrected chi connectivity index (χ3v) is 6.14. The quantitative estimate of drug-likeness (QED) is 0.942. The summed E-state index contributed by atoms with van der Waals surface area (Å²) in [4.78, 5) is 17.5. The van der Waals surface area contributed by atoms with Crippen LogP contribution in [0.3, 0.4) is 0 Å². The van der Waals surface area contributed by atoms with Crippen LogP contribution in [0.5, 0.6) is 0 Å². The van der Waals surface area contributed by atoms with Crippen molar-refractivity contribution in [3.8, 4) is 0 Å². The van der Waals surface area contributed by atoms with E-state index in [0.717, 1.165) is 34.3 Å². The Bertz CT molecular complexity index is 809. The molecule has 2 aliphatic rings. The first kappa shape index (κ1) is 15.6. The van der Waals surface area contributed by atoms with Crippen molar-refractivity contribution in [3.63, 3.8) is 0 Å². The summed E-state index contributed by atoms with van der Waals surface area (Å²) in [5.41, 5.74) is 3.20. The predicted octanol–water partition coefficient (Wildman–Crippen LogP) is 3.14. The molecule has 2 bridgehead atoms. The summed E-state index contributed by atoms with van der Waals surface area (Å²) in [6.45, 7) is 6.04. The molecule has 0 aliphatic heterocycles. The lowest BCUT2D eigenvalue weighted by Gasteiger charge is -2.28. The van der Waals surface area contributed by atoms with E-state index in [-0.39, 0.29) is 11.9 Å². The van der Waals surface area contributed by atoms with Crippen molar-refractivity contribution in [1.29, 1.82) is 0 Å². The van der Waals surface area contributed by atoms with Crippen LogP contribution in [0.1, 0.15) is 54.4 Å². The third-order valence-electron chi connectivity index (χ3n) is 6.14. The summed E-state index contributed by atoms with van der Waals surface area (Å²) in [6, 6.07) is 2.12. The Kier molecular flexibility index (Phi) is 3.62. The molecule has 4 atom stereocenters. The van der Waals surface area contributed by atoms with E-state index < -0.39 is 0 Å². The normalized spacial score (nSPS) is 26.9. The highest BCUT2D eigenvalue weighted by Crippen LogP contribution is 2.49. The van der Waals surface area contributed by atoms with Gasteiger partial charge in [0.1, 0.15) is 0 Å². The first-order chi connectivity index (χ1) is 11.4. The average Bonchev–Trinajstić information content (AvgIpc) is 3.22. The molecular weight excluding hydrogens is 300 g/mol. The number of nitrogens with zero attached hydrogens (tertiary/aromatic N) is 3. The molecule has 1 N–H and O–H groups in total. The molecule has 24 heavy (non-hydrogen) atoms. The summed E-state index contributed by atoms with van der Waals surface area (Å²) in [5.74, 6) is 2.36. The minimum atomic E-state index is 0.0110. The van der Waals surface area contributed by atoms with Crippen LogP contribution in [-0.2, 0) is 7.05 Å². The number of hydrogen-bond acceptors (Lipinski definition) is 3. The van der Waals surface area contributed by atoms with Crippen LogP contribution < -0.4 is 5.32 Å². The molecule has 5 nitrogen and oxygen atoms in total. The van der Waals surface area contributed by atoms with Crippen molar-refractivity contribution in [1.82, 2.24) is 20.1 Å². The maximum absolute atomic E-state index is 13.0. The van der Waals surface area contributed by atoms with Gasteiger partial charge in [0.2, 0.25) is 0 Å². The number of nitrogens with one attached hydrogen (secondary N) is 1. The zero-order chi connectivity index (χ0) is 17.0. The van der Waals surface area contributed by atoms with Gasteiger partial charge in [-0.05, 0) is 63.9 Å². The summed E-state index contributed by atoms with van der Waals surface area (Å²) in [5, 5.41) is 8.59. The summed E-state index contributed by atoms with van der Waals surface area (Å²) in [7, 11) is 1.88. The number of pyridine rings is 1. The molecule has 2 saturated carbocycles. The van der Waals surface area contributed by atoms with Gasteiger partial charge < -0.3 is 5.32 Å². The van der Waals surface area contributed by atoms with E-state index in [1.165, 1.54) is 25.7 Å². The van der Waals surface area contributed by atoms with Gasteiger partial charge >= 0.3 is 0 Å². The monoisotopic (exact) mass is 326 g/mol. The van der Waals surface area contributed by atoms with Crippen molar-refractivity contribution >= 4 is 16.9 Å². The first-order valence-corrected chi connectivity index (χ1v) is 9.06. The molecule has 5 heteroatoms. The molecule has 4 unspecified atom stereocenters. The Balaban J connectivity index is 1.61. The van der Waals surface area contributed by atoms with Gasteiger partial charge in [-0.2, -0.15) is 5.10 Å². The fourth-order valence-electron chi connectivity index (χ4n) is 5.05. The lowest BCUT2D eigenvalue weighted by atomic mass is 9.84. The van der Waals surface area contributed by atoms with Crippen molar-refractivity contribution in [2.24, 2.45) is 24.8 Å². The van der Waals surface area contributed by atoms with Crippen LogP contribution in [0.2, 0.25) is 0 Å². The van der Waals surface area contributed by atoms with Crippen LogP contribution in [0, 0.1) is 31.6 Å². The fraction of sp³-hybridized carbons (Fsp3) is 0.632. The Morgan fingerprint density at radius 1 is 1.33 bits per heavy atom. The summed E-state index contributed by atoms with van der Waals surface area (Å²) >= 11 is 0. The molecule has 0 aromatic carbocycles. The van der Waals surface area contributed by atoms with Gasteiger partial charge in [0.05, 0.1) is 16.6 Å². The molecule has 2 heterocycles. The fourth-order valence-corrected chi connectivity index (χ4v) is 5.05. The average molecular weight is 326 g/mol. The number of aryl methyl sites for hydroxylation is 3. The summed E-state index contributed by atoms with van der Waals surface area (Å²) < 4.78 is 1.76. The zero-order valence-electron chi connectivity index (χ0n) is 15.0. The Morgan fingerprint density at radius 2 is 2.12 bits per heavy atom. The molecule has 128 valence electrons. The van der Waals surface area contributed by atoms with Gasteiger partial charge in [-0.15, -0.1) is 0 Å². The standard InChI is InChI=1S/C19H26N4O/c1-10-7-16(17-12(3)22-23(4)18(17)20-10)19(24)21-11(2)15-9-13-5-6-14(15)8-13/h7,11,13-15H,5-6,8-9H2,1-4H3,(H,21,24). The minimum Gasteiger partial charge on any atom is -0.349 e. The van der Waals surface area contributed by atoms with E-state index in [0.29, 0.717) is 11.5 Å². The molecule has 0 spiro atoms. The van der Waals surface area contributed by atoms with Crippen LogP contribution in [0.4, 0.5) is 0 Å². The lowest BCUT2D eigenvalue weighted by molar-refractivity contribution is 0.0917. The van der Waals surface area contributed by atoms with Crippen LogP contribution in [0.15, 0.2) is 6.07 Å². The van der Waals surface area contributed by atoms with Gasteiger partial charge in [0.25, 0.3) is 5.91 Å². The summed E-state index contributed by atoms with van der Waals surface area (Å²) in [6.07, 6.45) is 5.38. The van der Waals surface area contributed by atoms with Crippen LogP contribution in [0.25, 0.3) is 11.0 Å². The topological polar surface area (TPSA) is 59.8 Å². The maximum Gasteiger partial charge on any atom is 0.252 e. The van der Waals surface area contributed by atoms with Crippen molar-refractivity contribution in [3.05, 3.63) is 23.0 Å². The van der Waals surface area contributed by atoms with Gasteiger partial charge in [-0.1, -0.05) is 6.42 Å². The van der Waals surface area contributed by atoms with Crippen molar-refractivity contribution in [2.75, 3.05) is 0 Å². The molecule has 4 rings (SSSR count). The predicted molar refractivity (Wildman–Crippen MR) is 93.8 cm³/mol. The number of carbonyl (C=O) groups excluding carboxylic acids is 1. The number of carbonyl (C=O) groups is 1. The third kappa shape index (κ3) is 2.41. The van der Waals surface area contributed by atoms with Crippen LogP contribution in [-0.4, -0.2) is 26.7 Å². The molecule has 2 fully saturated rings. The maximum atomic E-state index is 13.0. The highest BCUT2D eigenvalue weighted by molar-refractivity contribution is 6.06. The number of aromatic nitrogens is 3. The highest BCUT2D eigenvalue weighted by Gasteiger charge is 2.42. The van der Waals surface area contributed by atoms with E-state index in [1.54, 1.807) is 4.68 Å². The van der Waals surface area contributed by atoms with Gasteiger partial charge in [-0.25, -0.2) is 4.98 Å². The molecule has 0 saturated heterocycles. The largest absolute Gasteiger partial charge is 0.349 e. The molecule has 0 radical (unpaired) electrons. The number of fused-ring (bicyclic) bond motifs is 3. The van der Waals surface area contributed by atoms with E-state index in [2.05, 4.69) is 22.3 Å². The van der Waals surface area contributed by atoms with Gasteiger partial charge in [-0.3, -0.25) is 9.48 Å². The molecule has 1 amide bonds. The molecule has 2 aromatic heterocycles. The second kappa shape index (κ2) is 5.57.